The minimum absolute atomic E-state index is 0.0374. The average Bonchev–Trinajstić information content (AvgIpc) is 3.19. The van der Waals surface area contributed by atoms with Crippen molar-refractivity contribution < 1.29 is 9.53 Å². The molecular formula is C23H28ClN3O2S. The SMILES string of the molecule is CCN(CC)CCN(C(=O)COc1cccc(C)c1)c1nc2c(C)ccc(Cl)c2s1. The van der Waals surface area contributed by atoms with Crippen molar-refractivity contribution in [3.63, 3.8) is 0 Å². The van der Waals surface area contributed by atoms with Crippen LogP contribution < -0.4 is 9.64 Å². The Kier molecular flexibility index (Phi) is 7.69. The molecule has 3 rings (SSSR count). The molecule has 7 heteroatoms. The van der Waals surface area contributed by atoms with Crippen molar-refractivity contribution in [2.75, 3.05) is 37.7 Å². The zero-order valence-electron chi connectivity index (χ0n) is 17.9. The summed E-state index contributed by atoms with van der Waals surface area (Å²) in [6, 6.07) is 11.5. The number of thiazole rings is 1. The fraction of sp³-hybridized carbons (Fsp3) is 0.391. The molecule has 0 spiro atoms. The average molecular weight is 446 g/mol. The van der Waals surface area contributed by atoms with Gasteiger partial charge in [-0.15, -0.1) is 0 Å². The Morgan fingerprint density at radius 3 is 2.57 bits per heavy atom. The monoisotopic (exact) mass is 445 g/mol. The zero-order valence-corrected chi connectivity index (χ0v) is 19.5. The van der Waals surface area contributed by atoms with Crippen molar-refractivity contribution in [2.24, 2.45) is 0 Å². The number of ether oxygens (including phenoxy) is 1. The maximum absolute atomic E-state index is 13.2. The Balaban J connectivity index is 1.85. The van der Waals surface area contributed by atoms with E-state index in [1.165, 1.54) is 11.3 Å². The minimum Gasteiger partial charge on any atom is -0.484 e. The van der Waals surface area contributed by atoms with Crippen LogP contribution in [-0.4, -0.2) is 48.6 Å². The summed E-state index contributed by atoms with van der Waals surface area (Å²) in [7, 11) is 0. The van der Waals surface area contributed by atoms with Crippen LogP contribution in [-0.2, 0) is 4.79 Å². The number of hydrogen-bond donors (Lipinski definition) is 0. The number of benzene rings is 2. The summed E-state index contributed by atoms with van der Waals surface area (Å²) in [5, 5.41) is 1.32. The third-order valence-corrected chi connectivity index (χ3v) is 6.64. The Bertz CT molecular complexity index is 978. The van der Waals surface area contributed by atoms with E-state index in [2.05, 4.69) is 18.7 Å². The van der Waals surface area contributed by atoms with Crippen LogP contribution in [0.2, 0.25) is 5.02 Å². The Hall–Kier alpha value is -2.15. The maximum atomic E-state index is 13.2. The molecule has 30 heavy (non-hydrogen) atoms. The highest BCUT2D eigenvalue weighted by molar-refractivity contribution is 7.23. The lowest BCUT2D eigenvalue weighted by Gasteiger charge is -2.24. The van der Waals surface area contributed by atoms with Crippen LogP contribution in [0.1, 0.15) is 25.0 Å². The Morgan fingerprint density at radius 1 is 1.13 bits per heavy atom. The van der Waals surface area contributed by atoms with Crippen LogP contribution in [0.4, 0.5) is 5.13 Å². The molecule has 0 atom stereocenters. The van der Waals surface area contributed by atoms with Gasteiger partial charge in [0.1, 0.15) is 5.75 Å². The molecule has 0 bridgehead atoms. The fourth-order valence-electron chi connectivity index (χ4n) is 3.24. The van der Waals surface area contributed by atoms with E-state index < -0.39 is 0 Å². The lowest BCUT2D eigenvalue weighted by Crippen LogP contribution is -2.41. The second-order valence-electron chi connectivity index (χ2n) is 7.22. The van der Waals surface area contributed by atoms with Crippen LogP contribution in [0, 0.1) is 13.8 Å². The summed E-state index contributed by atoms with van der Waals surface area (Å²) < 4.78 is 6.69. The number of halogens is 1. The van der Waals surface area contributed by atoms with E-state index in [1.54, 1.807) is 4.90 Å². The third-order valence-electron chi connectivity index (χ3n) is 5.10. The van der Waals surface area contributed by atoms with Crippen molar-refractivity contribution in [2.45, 2.75) is 27.7 Å². The zero-order chi connectivity index (χ0) is 21.7. The Labute approximate surface area is 187 Å². The highest BCUT2D eigenvalue weighted by Gasteiger charge is 2.22. The first kappa shape index (κ1) is 22.5. The number of amides is 1. The molecule has 0 aliphatic carbocycles. The van der Waals surface area contributed by atoms with Gasteiger partial charge in [-0.1, -0.05) is 55.0 Å². The molecule has 0 aliphatic rings. The lowest BCUT2D eigenvalue weighted by atomic mass is 10.2. The van der Waals surface area contributed by atoms with Crippen molar-refractivity contribution in [1.82, 2.24) is 9.88 Å². The van der Waals surface area contributed by atoms with Gasteiger partial charge in [-0.3, -0.25) is 9.69 Å². The van der Waals surface area contributed by atoms with Crippen LogP contribution in [0.25, 0.3) is 10.2 Å². The van der Waals surface area contributed by atoms with Gasteiger partial charge in [-0.25, -0.2) is 4.98 Å². The quantitative estimate of drug-likeness (QED) is 0.447. The number of nitrogens with zero attached hydrogens (tertiary/aromatic N) is 3. The topological polar surface area (TPSA) is 45.7 Å². The summed E-state index contributed by atoms with van der Waals surface area (Å²) in [4.78, 5) is 21.9. The van der Waals surface area contributed by atoms with Gasteiger partial charge in [0, 0.05) is 13.1 Å². The summed E-state index contributed by atoms with van der Waals surface area (Å²) in [5.74, 6) is 0.576. The van der Waals surface area contributed by atoms with Gasteiger partial charge in [0.25, 0.3) is 5.91 Å². The number of likely N-dealkylation sites (N-methyl/N-ethyl adjacent to an activating group) is 1. The van der Waals surface area contributed by atoms with Gasteiger partial charge < -0.3 is 9.64 Å². The van der Waals surface area contributed by atoms with E-state index in [0.29, 0.717) is 22.4 Å². The molecular weight excluding hydrogens is 418 g/mol. The Morgan fingerprint density at radius 2 is 1.90 bits per heavy atom. The van der Waals surface area contributed by atoms with Crippen molar-refractivity contribution >= 4 is 44.2 Å². The van der Waals surface area contributed by atoms with Crippen LogP contribution >= 0.6 is 22.9 Å². The van der Waals surface area contributed by atoms with Gasteiger partial charge in [0.05, 0.1) is 15.2 Å². The molecule has 1 heterocycles. The number of carbonyl (C=O) groups excluding carboxylic acids is 1. The summed E-state index contributed by atoms with van der Waals surface area (Å²) in [6.45, 7) is 11.4. The summed E-state index contributed by atoms with van der Waals surface area (Å²) >= 11 is 7.84. The lowest BCUT2D eigenvalue weighted by molar-refractivity contribution is -0.120. The second-order valence-corrected chi connectivity index (χ2v) is 8.60. The molecule has 0 N–H and O–H groups in total. The highest BCUT2D eigenvalue weighted by atomic mass is 35.5. The van der Waals surface area contributed by atoms with E-state index in [1.807, 2.05) is 50.2 Å². The van der Waals surface area contributed by atoms with E-state index in [-0.39, 0.29) is 12.5 Å². The number of aromatic nitrogens is 1. The molecule has 0 aliphatic heterocycles. The number of fused-ring (bicyclic) bond motifs is 1. The predicted octanol–water partition coefficient (Wildman–Crippen LogP) is 5.32. The standard InChI is InChI=1S/C23H28ClN3O2S/c1-5-26(6-2)12-13-27(20(28)15-29-18-9-7-8-16(3)14-18)23-25-21-17(4)10-11-19(24)22(21)30-23/h7-11,14H,5-6,12-13,15H2,1-4H3. The summed E-state index contributed by atoms with van der Waals surface area (Å²) in [6.07, 6.45) is 0. The van der Waals surface area contributed by atoms with Gasteiger partial charge in [-0.05, 0) is 56.3 Å². The second kappa shape index (κ2) is 10.2. The fourth-order valence-corrected chi connectivity index (χ4v) is 4.60. The first-order chi connectivity index (χ1) is 14.4. The minimum atomic E-state index is -0.114. The van der Waals surface area contributed by atoms with Gasteiger partial charge in [0.2, 0.25) is 0 Å². The van der Waals surface area contributed by atoms with Crippen molar-refractivity contribution in [3.8, 4) is 5.75 Å². The molecule has 1 aromatic heterocycles. The largest absolute Gasteiger partial charge is 0.484 e. The highest BCUT2D eigenvalue weighted by Crippen LogP contribution is 2.35. The molecule has 0 saturated heterocycles. The van der Waals surface area contributed by atoms with Gasteiger partial charge in [-0.2, -0.15) is 0 Å². The van der Waals surface area contributed by atoms with E-state index in [0.717, 1.165) is 41.0 Å². The van der Waals surface area contributed by atoms with Gasteiger partial charge in [0.15, 0.2) is 11.7 Å². The molecule has 0 unspecified atom stereocenters. The number of aryl methyl sites for hydroxylation is 2. The molecule has 1 amide bonds. The molecule has 0 saturated carbocycles. The smallest absolute Gasteiger partial charge is 0.266 e. The van der Waals surface area contributed by atoms with E-state index in [4.69, 9.17) is 21.3 Å². The normalized spacial score (nSPS) is 11.3. The van der Waals surface area contributed by atoms with Gasteiger partial charge >= 0.3 is 0 Å². The molecule has 5 nitrogen and oxygen atoms in total. The number of carbonyl (C=O) groups is 1. The summed E-state index contributed by atoms with van der Waals surface area (Å²) in [5.41, 5.74) is 2.99. The van der Waals surface area contributed by atoms with E-state index >= 15 is 0 Å². The third kappa shape index (κ3) is 5.31. The van der Waals surface area contributed by atoms with Crippen LogP contribution in [0.15, 0.2) is 36.4 Å². The number of rotatable bonds is 9. The van der Waals surface area contributed by atoms with Crippen molar-refractivity contribution in [1.29, 1.82) is 0 Å². The number of hydrogen-bond acceptors (Lipinski definition) is 5. The maximum Gasteiger partial charge on any atom is 0.266 e. The molecule has 160 valence electrons. The van der Waals surface area contributed by atoms with Crippen LogP contribution in [0.3, 0.4) is 0 Å². The molecule has 0 fully saturated rings. The first-order valence-corrected chi connectivity index (χ1v) is 11.4. The predicted molar refractivity (Wildman–Crippen MR) is 126 cm³/mol. The molecule has 3 aromatic rings. The first-order valence-electron chi connectivity index (χ1n) is 10.2. The van der Waals surface area contributed by atoms with Crippen LogP contribution in [0.5, 0.6) is 5.75 Å². The molecule has 0 radical (unpaired) electrons. The number of anilines is 1. The molecule has 2 aromatic carbocycles. The van der Waals surface area contributed by atoms with E-state index in [9.17, 15) is 4.79 Å². The van der Waals surface area contributed by atoms with Crippen molar-refractivity contribution in [3.05, 3.63) is 52.5 Å².